The molecule has 0 saturated carbocycles. The second-order valence-corrected chi connectivity index (χ2v) is 5.57. The topological polar surface area (TPSA) is 77.9 Å². The molecule has 0 aliphatic heterocycles. The largest absolute Gasteiger partial charge is 0.345 e. The molecule has 2 aromatic rings. The average Bonchev–Trinajstić information content (AvgIpc) is 2.96. The van der Waals surface area contributed by atoms with Gasteiger partial charge >= 0.3 is 0 Å². The third-order valence-electron chi connectivity index (χ3n) is 4.13. The van der Waals surface area contributed by atoms with Crippen molar-refractivity contribution in [3.63, 3.8) is 0 Å². The van der Waals surface area contributed by atoms with Gasteiger partial charge in [0.1, 0.15) is 5.56 Å². The number of carbonyl (C=O) groups excluding carboxylic acids is 1. The lowest BCUT2D eigenvalue weighted by molar-refractivity contribution is 0.0921. The van der Waals surface area contributed by atoms with Crippen LogP contribution in [-0.4, -0.2) is 11.9 Å². The first kappa shape index (κ1) is 17.7. The summed E-state index contributed by atoms with van der Waals surface area (Å²) in [6.45, 7) is 0. The predicted octanol–water partition coefficient (Wildman–Crippen LogP) is 4.09. The summed E-state index contributed by atoms with van der Waals surface area (Å²) in [5.74, 6) is -12.7. The molecule has 0 saturated heterocycles. The highest BCUT2D eigenvalue weighted by molar-refractivity contribution is 5.95. The maximum atomic E-state index is 13.8. The minimum absolute atomic E-state index is 0.252. The summed E-state index contributed by atoms with van der Waals surface area (Å²) in [5, 5.41) is 5.73. The number of amides is 1. The van der Waals surface area contributed by atoms with E-state index in [1.807, 2.05) is 0 Å². The van der Waals surface area contributed by atoms with Crippen molar-refractivity contribution in [2.75, 3.05) is 0 Å². The number of benzene rings is 2. The number of nitrogens with one attached hydrogen (secondary N) is 1. The zero-order valence-electron chi connectivity index (χ0n) is 12.8. The Balaban J connectivity index is 2.01. The zero-order chi connectivity index (χ0) is 19.0. The fourth-order valence-corrected chi connectivity index (χ4v) is 2.94. The van der Waals surface area contributed by atoms with Crippen molar-refractivity contribution in [1.29, 1.82) is 0 Å². The molecule has 0 unspecified atom stereocenters. The quantitative estimate of drug-likeness (QED) is 0.217. The molecule has 2 atom stereocenters. The second kappa shape index (κ2) is 6.64. The van der Waals surface area contributed by atoms with E-state index in [9.17, 15) is 26.7 Å². The maximum Gasteiger partial charge on any atom is 0.257 e. The van der Waals surface area contributed by atoms with Gasteiger partial charge in [0, 0.05) is 4.91 Å². The number of hydrogen-bond donors (Lipinski definition) is 1. The third-order valence-corrected chi connectivity index (χ3v) is 4.13. The van der Waals surface area contributed by atoms with Crippen LogP contribution in [0.25, 0.3) is 10.4 Å². The Bertz CT molecular complexity index is 929. The summed E-state index contributed by atoms with van der Waals surface area (Å²) < 4.78 is 67.3. The first-order valence-electron chi connectivity index (χ1n) is 7.31. The van der Waals surface area contributed by atoms with Crippen LogP contribution in [0.3, 0.4) is 0 Å². The lowest BCUT2D eigenvalue weighted by atomic mass is 10.1. The fraction of sp³-hybridized carbons (Fsp3) is 0.188. The molecule has 0 radical (unpaired) electrons. The summed E-state index contributed by atoms with van der Waals surface area (Å²) in [6, 6.07) is 4.88. The van der Waals surface area contributed by atoms with Crippen molar-refractivity contribution in [3.05, 3.63) is 80.5 Å². The molecule has 1 aliphatic carbocycles. The molecular weight excluding hydrogens is 359 g/mol. The van der Waals surface area contributed by atoms with E-state index in [0.29, 0.717) is 5.56 Å². The van der Waals surface area contributed by atoms with E-state index < -0.39 is 52.6 Å². The summed E-state index contributed by atoms with van der Waals surface area (Å²) in [7, 11) is 0. The van der Waals surface area contributed by atoms with Crippen LogP contribution in [0.2, 0.25) is 0 Å². The lowest BCUT2D eigenvalue weighted by Gasteiger charge is -2.19. The molecule has 10 heteroatoms. The number of halogens is 5. The van der Waals surface area contributed by atoms with Crippen molar-refractivity contribution < 1.29 is 26.7 Å². The molecule has 26 heavy (non-hydrogen) atoms. The summed E-state index contributed by atoms with van der Waals surface area (Å²) in [4.78, 5) is 14.9. The summed E-state index contributed by atoms with van der Waals surface area (Å²) in [5.41, 5.74) is 8.32. The van der Waals surface area contributed by atoms with E-state index in [1.165, 1.54) is 0 Å². The van der Waals surface area contributed by atoms with Crippen LogP contribution in [0.15, 0.2) is 29.4 Å². The van der Waals surface area contributed by atoms with Gasteiger partial charge in [0.15, 0.2) is 23.3 Å². The van der Waals surface area contributed by atoms with Crippen LogP contribution in [0.5, 0.6) is 0 Å². The Kier molecular flexibility index (Phi) is 4.52. The highest BCUT2D eigenvalue weighted by Gasteiger charge is 2.36. The maximum absolute atomic E-state index is 13.8. The number of fused-ring (bicyclic) bond motifs is 1. The fourth-order valence-electron chi connectivity index (χ4n) is 2.94. The van der Waals surface area contributed by atoms with Crippen LogP contribution in [0.4, 0.5) is 22.0 Å². The molecule has 0 bridgehead atoms. The normalized spacial score (nSPS) is 18.2. The number of azide groups is 1. The van der Waals surface area contributed by atoms with Gasteiger partial charge in [0.2, 0.25) is 5.82 Å². The minimum atomic E-state index is -2.35. The Morgan fingerprint density at radius 1 is 1.04 bits per heavy atom. The van der Waals surface area contributed by atoms with Gasteiger partial charge in [-0.1, -0.05) is 29.4 Å². The second-order valence-electron chi connectivity index (χ2n) is 5.57. The van der Waals surface area contributed by atoms with Gasteiger partial charge in [0.05, 0.1) is 12.1 Å². The van der Waals surface area contributed by atoms with Gasteiger partial charge in [-0.05, 0) is 23.1 Å². The van der Waals surface area contributed by atoms with Crippen molar-refractivity contribution in [2.45, 2.75) is 18.5 Å². The number of hydrogen-bond acceptors (Lipinski definition) is 2. The van der Waals surface area contributed by atoms with E-state index in [-0.39, 0.29) is 6.42 Å². The summed E-state index contributed by atoms with van der Waals surface area (Å²) in [6.07, 6.45) is 0.252. The Labute approximate surface area is 143 Å². The molecule has 5 nitrogen and oxygen atoms in total. The molecule has 0 heterocycles. The van der Waals surface area contributed by atoms with E-state index in [4.69, 9.17) is 5.53 Å². The van der Waals surface area contributed by atoms with Crippen molar-refractivity contribution >= 4 is 5.91 Å². The standard InChI is InChI=1S/C16H9F5N4O/c17-10-9(11(18)13(20)14(21)12(10)19)16(26)23-15-7-4-2-1-3-6(7)5-8(15)24-25-22/h1-4,8,15H,5H2,(H,23,26)/t8-,15-/m1/s1. The van der Waals surface area contributed by atoms with Gasteiger partial charge < -0.3 is 5.32 Å². The molecule has 1 N–H and O–H groups in total. The van der Waals surface area contributed by atoms with Gasteiger partial charge in [-0.2, -0.15) is 0 Å². The van der Waals surface area contributed by atoms with Gasteiger partial charge in [0.25, 0.3) is 5.91 Å². The molecule has 2 aromatic carbocycles. The predicted molar refractivity (Wildman–Crippen MR) is 79.5 cm³/mol. The summed E-state index contributed by atoms with van der Waals surface area (Å²) >= 11 is 0. The Hall–Kier alpha value is -3.13. The number of rotatable bonds is 3. The van der Waals surface area contributed by atoms with Gasteiger partial charge in [-0.15, -0.1) is 0 Å². The highest BCUT2D eigenvalue weighted by atomic mass is 19.2. The zero-order valence-corrected chi connectivity index (χ0v) is 12.8. The van der Waals surface area contributed by atoms with E-state index in [0.717, 1.165) is 5.56 Å². The first-order valence-corrected chi connectivity index (χ1v) is 7.31. The van der Waals surface area contributed by atoms with Gasteiger partial charge in [-0.25, -0.2) is 22.0 Å². The van der Waals surface area contributed by atoms with Crippen molar-refractivity contribution in [2.24, 2.45) is 5.11 Å². The van der Waals surface area contributed by atoms with E-state index in [1.54, 1.807) is 24.3 Å². The molecule has 0 aromatic heterocycles. The van der Waals surface area contributed by atoms with Crippen LogP contribution >= 0.6 is 0 Å². The van der Waals surface area contributed by atoms with Crippen LogP contribution in [0, 0.1) is 29.1 Å². The molecular formula is C16H9F5N4O. The van der Waals surface area contributed by atoms with E-state index >= 15 is 0 Å². The smallest absolute Gasteiger partial charge is 0.257 e. The first-order chi connectivity index (χ1) is 12.4. The van der Waals surface area contributed by atoms with Crippen LogP contribution in [0.1, 0.15) is 27.5 Å². The molecule has 1 aliphatic rings. The molecule has 0 spiro atoms. The Morgan fingerprint density at radius 2 is 1.62 bits per heavy atom. The van der Waals surface area contributed by atoms with Crippen molar-refractivity contribution in [3.8, 4) is 0 Å². The molecule has 3 rings (SSSR count). The molecule has 134 valence electrons. The highest BCUT2D eigenvalue weighted by Crippen LogP contribution is 2.34. The third kappa shape index (κ3) is 2.74. The molecule has 0 fully saturated rings. The Morgan fingerprint density at radius 3 is 2.23 bits per heavy atom. The number of carbonyl (C=O) groups is 1. The minimum Gasteiger partial charge on any atom is -0.345 e. The SMILES string of the molecule is [N-]=[N+]=N[C@@H]1Cc2ccccc2[C@H]1NC(=O)c1c(F)c(F)c(F)c(F)c1F. The molecule has 1 amide bonds. The van der Waals surface area contributed by atoms with E-state index in [2.05, 4.69) is 15.3 Å². The average molecular weight is 368 g/mol. The monoisotopic (exact) mass is 368 g/mol. The lowest BCUT2D eigenvalue weighted by Crippen LogP contribution is -2.34. The number of nitrogens with zero attached hydrogens (tertiary/aromatic N) is 3. The van der Waals surface area contributed by atoms with Crippen molar-refractivity contribution in [1.82, 2.24) is 5.32 Å². The van der Waals surface area contributed by atoms with Gasteiger partial charge in [-0.3, -0.25) is 4.79 Å². The van der Waals surface area contributed by atoms with Crippen LogP contribution < -0.4 is 5.32 Å². The van der Waals surface area contributed by atoms with Crippen LogP contribution in [-0.2, 0) is 6.42 Å².